The van der Waals surface area contributed by atoms with E-state index in [2.05, 4.69) is 24.4 Å². The number of hydrazine groups is 1. The molecule has 2 N–H and O–H groups in total. The first-order valence-corrected chi connectivity index (χ1v) is 8.93. The summed E-state index contributed by atoms with van der Waals surface area (Å²) in [6.07, 6.45) is 0.963. The SMILES string of the molecule is C=C(C)NNC(=O)c1cc(-c2ccc(OCCC)cc2)nc2ccccc12. The van der Waals surface area contributed by atoms with Crippen LogP contribution in [0.4, 0.5) is 0 Å². The van der Waals surface area contributed by atoms with Gasteiger partial charge in [-0.3, -0.25) is 10.2 Å². The van der Waals surface area contributed by atoms with E-state index in [1.54, 1.807) is 13.0 Å². The summed E-state index contributed by atoms with van der Waals surface area (Å²) in [4.78, 5) is 17.4. The Morgan fingerprint density at radius 1 is 1.11 bits per heavy atom. The molecule has 0 aliphatic rings. The van der Waals surface area contributed by atoms with Gasteiger partial charge >= 0.3 is 0 Å². The summed E-state index contributed by atoms with van der Waals surface area (Å²) in [5, 5.41) is 0.796. The highest BCUT2D eigenvalue weighted by Crippen LogP contribution is 2.26. The van der Waals surface area contributed by atoms with Gasteiger partial charge in [0.1, 0.15) is 5.75 Å². The second-order valence-electron chi connectivity index (χ2n) is 6.30. The molecule has 1 aromatic heterocycles. The van der Waals surface area contributed by atoms with Crippen LogP contribution in [0.1, 0.15) is 30.6 Å². The van der Waals surface area contributed by atoms with Crippen LogP contribution in [-0.4, -0.2) is 17.5 Å². The first-order chi connectivity index (χ1) is 13.1. The van der Waals surface area contributed by atoms with E-state index in [9.17, 15) is 4.79 Å². The summed E-state index contributed by atoms with van der Waals surface area (Å²) < 4.78 is 5.63. The van der Waals surface area contributed by atoms with Crippen molar-refractivity contribution < 1.29 is 9.53 Å². The molecule has 0 atom stereocenters. The van der Waals surface area contributed by atoms with Crippen LogP contribution in [0.2, 0.25) is 0 Å². The number of nitrogens with zero attached hydrogens (tertiary/aromatic N) is 1. The van der Waals surface area contributed by atoms with Crippen LogP contribution in [0.5, 0.6) is 5.75 Å². The molecule has 5 nitrogen and oxygen atoms in total. The van der Waals surface area contributed by atoms with Crippen molar-refractivity contribution in [3.05, 3.63) is 72.4 Å². The Morgan fingerprint density at radius 2 is 1.85 bits per heavy atom. The van der Waals surface area contributed by atoms with E-state index in [1.165, 1.54) is 0 Å². The number of pyridine rings is 1. The van der Waals surface area contributed by atoms with Crippen LogP contribution >= 0.6 is 0 Å². The van der Waals surface area contributed by atoms with Crippen molar-refractivity contribution in [1.29, 1.82) is 0 Å². The van der Waals surface area contributed by atoms with Gasteiger partial charge in [-0.2, -0.15) is 0 Å². The maximum Gasteiger partial charge on any atom is 0.270 e. The third kappa shape index (κ3) is 4.44. The van der Waals surface area contributed by atoms with Crippen molar-refractivity contribution in [2.75, 3.05) is 6.61 Å². The standard InChI is InChI=1S/C22H23N3O2/c1-4-13-27-17-11-9-16(10-12-17)21-14-19(22(26)25-24-15(2)3)18-7-5-6-8-20(18)23-21/h5-12,14,24H,2,4,13H2,1,3H3,(H,25,26). The number of hydrogen-bond acceptors (Lipinski definition) is 4. The Bertz CT molecular complexity index is 965. The summed E-state index contributed by atoms with van der Waals surface area (Å²) in [5.41, 5.74) is 9.06. The monoisotopic (exact) mass is 361 g/mol. The molecule has 0 unspecified atom stereocenters. The highest BCUT2D eigenvalue weighted by Gasteiger charge is 2.14. The molecule has 0 spiro atoms. The highest BCUT2D eigenvalue weighted by molar-refractivity contribution is 6.07. The van der Waals surface area contributed by atoms with Gasteiger partial charge in [0.2, 0.25) is 0 Å². The van der Waals surface area contributed by atoms with E-state index in [4.69, 9.17) is 9.72 Å². The summed E-state index contributed by atoms with van der Waals surface area (Å²) in [6, 6.07) is 17.2. The summed E-state index contributed by atoms with van der Waals surface area (Å²) in [6.45, 7) is 8.26. The van der Waals surface area contributed by atoms with E-state index in [-0.39, 0.29) is 5.91 Å². The number of aromatic nitrogens is 1. The highest BCUT2D eigenvalue weighted by atomic mass is 16.5. The average molecular weight is 361 g/mol. The molecule has 1 heterocycles. The van der Waals surface area contributed by atoms with Gasteiger partial charge in [-0.05, 0) is 49.7 Å². The maximum atomic E-state index is 12.7. The van der Waals surface area contributed by atoms with Gasteiger partial charge in [0.25, 0.3) is 5.91 Å². The van der Waals surface area contributed by atoms with Gasteiger partial charge in [0.15, 0.2) is 0 Å². The molecule has 3 rings (SSSR count). The van der Waals surface area contributed by atoms with E-state index >= 15 is 0 Å². The molecule has 138 valence electrons. The number of rotatable bonds is 7. The predicted molar refractivity (Wildman–Crippen MR) is 108 cm³/mol. The molecule has 3 aromatic rings. The van der Waals surface area contributed by atoms with E-state index < -0.39 is 0 Å². The zero-order chi connectivity index (χ0) is 19.2. The third-order valence-corrected chi connectivity index (χ3v) is 3.97. The lowest BCUT2D eigenvalue weighted by molar-refractivity contribution is 0.0940. The normalized spacial score (nSPS) is 10.4. The smallest absolute Gasteiger partial charge is 0.270 e. The second-order valence-corrected chi connectivity index (χ2v) is 6.30. The minimum atomic E-state index is -0.235. The van der Waals surface area contributed by atoms with Crippen molar-refractivity contribution in [1.82, 2.24) is 15.8 Å². The summed E-state index contributed by atoms with van der Waals surface area (Å²) in [7, 11) is 0. The summed E-state index contributed by atoms with van der Waals surface area (Å²) >= 11 is 0. The first-order valence-electron chi connectivity index (χ1n) is 8.93. The zero-order valence-electron chi connectivity index (χ0n) is 15.6. The fourth-order valence-electron chi connectivity index (χ4n) is 2.68. The molecule has 5 heteroatoms. The quantitative estimate of drug-likeness (QED) is 0.610. The van der Waals surface area contributed by atoms with E-state index in [0.717, 1.165) is 34.3 Å². The van der Waals surface area contributed by atoms with Crippen molar-refractivity contribution in [2.45, 2.75) is 20.3 Å². The van der Waals surface area contributed by atoms with Gasteiger partial charge in [0.05, 0.1) is 23.4 Å². The number of carbonyl (C=O) groups is 1. The van der Waals surface area contributed by atoms with Crippen molar-refractivity contribution in [3.8, 4) is 17.0 Å². The van der Waals surface area contributed by atoms with Crippen molar-refractivity contribution >= 4 is 16.8 Å². The Balaban J connectivity index is 1.98. The van der Waals surface area contributed by atoms with Gasteiger partial charge in [-0.25, -0.2) is 4.98 Å². The molecule has 0 aliphatic heterocycles. The number of nitrogens with one attached hydrogen (secondary N) is 2. The van der Waals surface area contributed by atoms with Crippen LogP contribution in [0, 0.1) is 0 Å². The molecule has 0 fully saturated rings. The molecule has 0 aliphatic carbocycles. The Morgan fingerprint density at radius 3 is 2.56 bits per heavy atom. The number of allylic oxidation sites excluding steroid dienone is 1. The minimum absolute atomic E-state index is 0.235. The van der Waals surface area contributed by atoms with Crippen LogP contribution in [0.25, 0.3) is 22.2 Å². The number of fused-ring (bicyclic) bond motifs is 1. The average Bonchev–Trinajstić information content (AvgIpc) is 2.70. The fourth-order valence-corrected chi connectivity index (χ4v) is 2.68. The molecule has 0 radical (unpaired) electrons. The molecule has 2 aromatic carbocycles. The van der Waals surface area contributed by atoms with Crippen LogP contribution < -0.4 is 15.6 Å². The van der Waals surface area contributed by atoms with Crippen LogP contribution in [-0.2, 0) is 0 Å². The lowest BCUT2D eigenvalue weighted by atomic mass is 10.0. The molecule has 0 bridgehead atoms. The Hall–Kier alpha value is -3.34. The number of carbonyl (C=O) groups excluding carboxylic acids is 1. The number of amides is 1. The van der Waals surface area contributed by atoms with Gasteiger partial charge in [0, 0.05) is 16.6 Å². The largest absolute Gasteiger partial charge is 0.494 e. The van der Waals surface area contributed by atoms with Gasteiger partial charge < -0.3 is 10.2 Å². The van der Waals surface area contributed by atoms with Crippen molar-refractivity contribution in [3.63, 3.8) is 0 Å². The number of benzene rings is 2. The Kier molecular flexibility index (Phi) is 5.71. The number of para-hydroxylation sites is 1. The lowest BCUT2D eigenvalue weighted by Gasteiger charge is -2.12. The number of hydrogen-bond donors (Lipinski definition) is 2. The van der Waals surface area contributed by atoms with Crippen LogP contribution in [0.15, 0.2) is 66.9 Å². The van der Waals surface area contributed by atoms with Gasteiger partial charge in [-0.1, -0.05) is 31.7 Å². The summed E-state index contributed by atoms with van der Waals surface area (Å²) in [5.74, 6) is 0.589. The number of ether oxygens (including phenoxy) is 1. The predicted octanol–water partition coefficient (Wildman–Crippen LogP) is 4.46. The zero-order valence-corrected chi connectivity index (χ0v) is 15.6. The van der Waals surface area contributed by atoms with E-state index in [0.29, 0.717) is 17.9 Å². The molecule has 1 amide bonds. The molecular formula is C22H23N3O2. The van der Waals surface area contributed by atoms with Crippen LogP contribution in [0.3, 0.4) is 0 Å². The fraction of sp³-hybridized carbons (Fsp3) is 0.182. The topological polar surface area (TPSA) is 63.2 Å². The molecule has 0 saturated heterocycles. The first kappa shape index (κ1) is 18.5. The molecular weight excluding hydrogens is 338 g/mol. The second kappa shape index (κ2) is 8.36. The van der Waals surface area contributed by atoms with E-state index in [1.807, 2.05) is 48.5 Å². The van der Waals surface area contributed by atoms with Gasteiger partial charge in [-0.15, -0.1) is 0 Å². The molecule has 27 heavy (non-hydrogen) atoms. The minimum Gasteiger partial charge on any atom is -0.494 e. The maximum absolute atomic E-state index is 12.7. The van der Waals surface area contributed by atoms with Crippen molar-refractivity contribution in [2.24, 2.45) is 0 Å². The third-order valence-electron chi connectivity index (χ3n) is 3.97. The molecule has 0 saturated carbocycles. The lowest BCUT2D eigenvalue weighted by Crippen LogP contribution is -2.35. The Labute approximate surface area is 159 Å².